The molecule has 2 heterocycles. The number of nitrogens with zero attached hydrogens (tertiary/aromatic N) is 2. The third kappa shape index (κ3) is 6.04. The van der Waals surface area contributed by atoms with E-state index in [9.17, 15) is 13.2 Å². The Bertz CT molecular complexity index is 997. The summed E-state index contributed by atoms with van der Waals surface area (Å²) in [4.78, 5) is 17.9. The van der Waals surface area contributed by atoms with Gasteiger partial charge in [0.05, 0.1) is 18.0 Å². The van der Waals surface area contributed by atoms with Gasteiger partial charge in [0.15, 0.2) is 0 Å². The minimum absolute atomic E-state index is 0.155. The number of thiophene rings is 2. The summed E-state index contributed by atoms with van der Waals surface area (Å²) in [5.74, 6) is -0.155. The molecule has 0 spiro atoms. The second kappa shape index (κ2) is 11.0. The van der Waals surface area contributed by atoms with Crippen molar-refractivity contribution in [1.29, 1.82) is 0 Å². The third-order valence-electron chi connectivity index (χ3n) is 5.14. The van der Waals surface area contributed by atoms with Crippen molar-refractivity contribution in [2.45, 2.75) is 50.2 Å². The van der Waals surface area contributed by atoms with Gasteiger partial charge in [-0.1, -0.05) is 50.1 Å². The first-order valence-corrected chi connectivity index (χ1v) is 13.5. The summed E-state index contributed by atoms with van der Waals surface area (Å²) in [6.45, 7) is 2.98. The second-order valence-corrected chi connectivity index (χ2v) is 11.4. The molecule has 8 heteroatoms. The van der Waals surface area contributed by atoms with Gasteiger partial charge in [-0.05, 0) is 41.4 Å². The SMILES string of the molecule is CCCC[C@@H](C(=O)N(Cc1cccs1)Cc1cccs1)N(C)S(=O)(=O)c1ccccc1. The summed E-state index contributed by atoms with van der Waals surface area (Å²) in [5, 5.41) is 3.98. The molecule has 0 bridgehead atoms. The number of benzene rings is 1. The summed E-state index contributed by atoms with van der Waals surface area (Å²) in [6, 6.07) is 15.5. The number of unbranched alkanes of at least 4 members (excludes halogenated alkanes) is 1. The molecule has 0 saturated heterocycles. The van der Waals surface area contributed by atoms with E-state index >= 15 is 0 Å². The lowest BCUT2D eigenvalue weighted by Crippen LogP contribution is -2.48. The molecule has 2 aromatic heterocycles. The minimum atomic E-state index is -3.78. The zero-order valence-corrected chi connectivity index (χ0v) is 20.3. The van der Waals surface area contributed by atoms with Crippen molar-refractivity contribution in [3.05, 3.63) is 75.1 Å². The molecule has 31 heavy (non-hydrogen) atoms. The Labute approximate surface area is 193 Å². The molecule has 5 nitrogen and oxygen atoms in total. The first-order valence-electron chi connectivity index (χ1n) is 10.3. The first-order chi connectivity index (χ1) is 14.9. The number of rotatable bonds is 11. The molecule has 0 aliphatic heterocycles. The molecule has 0 saturated carbocycles. The van der Waals surface area contributed by atoms with Crippen LogP contribution in [0.3, 0.4) is 0 Å². The lowest BCUT2D eigenvalue weighted by atomic mass is 10.1. The van der Waals surface area contributed by atoms with Gasteiger partial charge in [-0.25, -0.2) is 8.42 Å². The van der Waals surface area contributed by atoms with Crippen LogP contribution < -0.4 is 0 Å². The monoisotopic (exact) mass is 476 g/mol. The molecule has 0 unspecified atom stereocenters. The highest BCUT2D eigenvalue weighted by atomic mass is 32.2. The van der Waals surface area contributed by atoms with E-state index in [1.54, 1.807) is 57.9 Å². The van der Waals surface area contributed by atoms with Crippen LogP contribution >= 0.6 is 22.7 Å². The van der Waals surface area contributed by atoms with Crippen molar-refractivity contribution < 1.29 is 13.2 Å². The lowest BCUT2D eigenvalue weighted by molar-refractivity contribution is -0.136. The number of hydrogen-bond donors (Lipinski definition) is 0. The largest absolute Gasteiger partial charge is 0.331 e. The molecular formula is C23H28N2O3S3. The van der Waals surface area contributed by atoms with E-state index in [4.69, 9.17) is 0 Å². The molecule has 1 atom stereocenters. The smallest absolute Gasteiger partial charge is 0.243 e. The van der Waals surface area contributed by atoms with E-state index < -0.39 is 16.1 Å². The van der Waals surface area contributed by atoms with E-state index in [1.165, 1.54) is 11.4 Å². The molecule has 0 fully saturated rings. The first kappa shape index (κ1) is 23.7. The number of amides is 1. The van der Waals surface area contributed by atoms with E-state index in [0.717, 1.165) is 22.6 Å². The molecule has 3 rings (SSSR count). The van der Waals surface area contributed by atoms with Crippen LogP contribution in [0.15, 0.2) is 70.3 Å². The van der Waals surface area contributed by atoms with Crippen LogP contribution in [0.4, 0.5) is 0 Å². The van der Waals surface area contributed by atoms with Crippen LogP contribution in [0, 0.1) is 0 Å². The fourth-order valence-electron chi connectivity index (χ4n) is 3.39. The quantitative estimate of drug-likeness (QED) is 0.381. The summed E-state index contributed by atoms with van der Waals surface area (Å²) < 4.78 is 27.8. The molecule has 0 radical (unpaired) electrons. The number of sulfonamides is 1. The molecule has 0 aliphatic carbocycles. The van der Waals surface area contributed by atoms with Gasteiger partial charge >= 0.3 is 0 Å². The predicted octanol–water partition coefficient (Wildman–Crippen LogP) is 5.22. The van der Waals surface area contributed by atoms with Gasteiger partial charge in [-0.2, -0.15) is 4.31 Å². The van der Waals surface area contributed by atoms with Crippen molar-refractivity contribution in [3.8, 4) is 0 Å². The van der Waals surface area contributed by atoms with Crippen molar-refractivity contribution >= 4 is 38.6 Å². The maximum absolute atomic E-state index is 13.8. The van der Waals surface area contributed by atoms with Gasteiger partial charge in [-0.15, -0.1) is 22.7 Å². The van der Waals surface area contributed by atoms with Crippen LogP contribution in [0.25, 0.3) is 0 Å². The summed E-state index contributed by atoms with van der Waals surface area (Å²) >= 11 is 3.20. The Morgan fingerprint density at radius 1 is 0.935 bits per heavy atom. The van der Waals surface area contributed by atoms with Crippen LogP contribution in [0.5, 0.6) is 0 Å². The number of likely N-dealkylation sites (N-methyl/N-ethyl adjacent to an activating group) is 1. The molecular weight excluding hydrogens is 448 g/mol. The summed E-state index contributed by atoms with van der Waals surface area (Å²) in [6.07, 6.45) is 2.15. The highest BCUT2D eigenvalue weighted by molar-refractivity contribution is 7.89. The molecule has 0 aliphatic rings. The van der Waals surface area contributed by atoms with E-state index in [-0.39, 0.29) is 10.8 Å². The van der Waals surface area contributed by atoms with E-state index in [2.05, 4.69) is 0 Å². The Balaban J connectivity index is 1.91. The van der Waals surface area contributed by atoms with Gasteiger partial charge in [0, 0.05) is 16.8 Å². The van der Waals surface area contributed by atoms with E-state index in [0.29, 0.717) is 19.5 Å². The zero-order chi connectivity index (χ0) is 22.3. The van der Waals surface area contributed by atoms with Crippen molar-refractivity contribution in [3.63, 3.8) is 0 Å². The molecule has 3 aromatic rings. The van der Waals surface area contributed by atoms with Gasteiger partial charge in [0.1, 0.15) is 6.04 Å². The van der Waals surface area contributed by atoms with Crippen molar-refractivity contribution in [2.75, 3.05) is 7.05 Å². The predicted molar refractivity (Wildman–Crippen MR) is 128 cm³/mol. The normalized spacial score (nSPS) is 12.7. The van der Waals surface area contributed by atoms with Crippen LogP contribution in [-0.4, -0.2) is 36.6 Å². The molecule has 1 aromatic carbocycles. The maximum Gasteiger partial charge on any atom is 0.243 e. The third-order valence-corrected chi connectivity index (χ3v) is 8.74. The molecule has 1 amide bonds. The Kier molecular flexibility index (Phi) is 8.43. The summed E-state index contributed by atoms with van der Waals surface area (Å²) in [7, 11) is -2.26. The van der Waals surface area contributed by atoms with Gasteiger partial charge in [0.25, 0.3) is 0 Å². The Morgan fingerprint density at radius 2 is 1.52 bits per heavy atom. The number of hydrogen-bond acceptors (Lipinski definition) is 5. The zero-order valence-electron chi connectivity index (χ0n) is 17.8. The van der Waals surface area contributed by atoms with Gasteiger partial charge in [-0.3, -0.25) is 4.79 Å². The molecule has 166 valence electrons. The topological polar surface area (TPSA) is 57.7 Å². The maximum atomic E-state index is 13.8. The van der Waals surface area contributed by atoms with Crippen LogP contribution in [0.2, 0.25) is 0 Å². The van der Waals surface area contributed by atoms with Crippen molar-refractivity contribution in [2.24, 2.45) is 0 Å². The summed E-state index contributed by atoms with van der Waals surface area (Å²) in [5.41, 5.74) is 0. The van der Waals surface area contributed by atoms with Crippen LogP contribution in [-0.2, 0) is 27.9 Å². The fraction of sp³-hybridized carbons (Fsp3) is 0.348. The highest BCUT2D eigenvalue weighted by Crippen LogP contribution is 2.24. The fourth-order valence-corrected chi connectivity index (χ4v) is 6.19. The Morgan fingerprint density at radius 3 is 2.00 bits per heavy atom. The van der Waals surface area contributed by atoms with E-state index in [1.807, 2.05) is 41.9 Å². The molecule has 0 N–H and O–H groups in total. The van der Waals surface area contributed by atoms with Gasteiger partial charge in [0.2, 0.25) is 15.9 Å². The van der Waals surface area contributed by atoms with Crippen molar-refractivity contribution in [1.82, 2.24) is 9.21 Å². The lowest BCUT2D eigenvalue weighted by Gasteiger charge is -2.32. The average molecular weight is 477 g/mol. The number of carbonyl (C=O) groups excluding carboxylic acids is 1. The second-order valence-electron chi connectivity index (χ2n) is 7.35. The number of carbonyl (C=O) groups is 1. The average Bonchev–Trinajstić information content (AvgIpc) is 3.48. The highest BCUT2D eigenvalue weighted by Gasteiger charge is 2.35. The standard InChI is InChI=1S/C23H28N2O3S3/c1-3-4-14-22(24(2)31(27,28)21-12-6-5-7-13-21)23(26)25(17-19-10-8-15-29-19)18-20-11-9-16-30-20/h5-13,15-16,22H,3-4,14,17-18H2,1-2H3/t22-/m0/s1. The minimum Gasteiger partial charge on any atom is -0.331 e. The Hall–Kier alpha value is -2.00. The van der Waals surface area contributed by atoms with Crippen LogP contribution in [0.1, 0.15) is 35.9 Å². The van der Waals surface area contributed by atoms with Gasteiger partial charge < -0.3 is 4.90 Å².